The molecule has 0 aliphatic carbocycles. The Morgan fingerprint density at radius 2 is 2.57 bits per heavy atom. The Labute approximate surface area is 88.5 Å². The molecule has 1 atom stereocenters. The van der Waals surface area contributed by atoms with Crippen molar-refractivity contribution in [2.75, 3.05) is 12.3 Å². The Morgan fingerprint density at radius 3 is 3.29 bits per heavy atom. The minimum absolute atomic E-state index is 0.502. The predicted molar refractivity (Wildman–Crippen MR) is 58.3 cm³/mol. The van der Waals surface area contributed by atoms with Crippen molar-refractivity contribution >= 4 is 11.8 Å². The zero-order valence-corrected chi connectivity index (χ0v) is 9.05. The van der Waals surface area contributed by atoms with Crippen molar-refractivity contribution in [1.29, 1.82) is 0 Å². The minimum Gasteiger partial charge on any atom is -0.445 e. The van der Waals surface area contributed by atoms with E-state index in [1.165, 1.54) is 18.6 Å². The summed E-state index contributed by atoms with van der Waals surface area (Å²) in [5.74, 6) is 3.14. The lowest BCUT2D eigenvalue weighted by atomic mass is 10.2. The molecule has 2 heterocycles. The fourth-order valence-electron chi connectivity index (χ4n) is 1.64. The van der Waals surface area contributed by atoms with Crippen LogP contribution in [0.1, 0.15) is 36.2 Å². The van der Waals surface area contributed by atoms with Crippen LogP contribution in [0.15, 0.2) is 10.6 Å². The van der Waals surface area contributed by atoms with Crippen LogP contribution in [0.5, 0.6) is 0 Å². The zero-order valence-electron chi connectivity index (χ0n) is 8.24. The molecular weight excluding hydrogens is 196 g/mol. The highest BCUT2D eigenvalue weighted by atomic mass is 32.2. The third-order valence-corrected chi connectivity index (χ3v) is 3.77. The van der Waals surface area contributed by atoms with Gasteiger partial charge in [-0.25, -0.2) is 4.98 Å². The van der Waals surface area contributed by atoms with E-state index in [2.05, 4.69) is 4.98 Å². The second kappa shape index (κ2) is 4.84. The summed E-state index contributed by atoms with van der Waals surface area (Å²) in [5.41, 5.74) is 5.44. The monoisotopic (exact) mass is 212 g/mol. The van der Waals surface area contributed by atoms with E-state index in [1.54, 1.807) is 0 Å². The van der Waals surface area contributed by atoms with Crippen LogP contribution in [-0.2, 0) is 6.42 Å². The van der Waals surface area contributed by atoms with Crippen LogP contribution in [0.25, 0.3) is 0 Å². The van der Waals surface area contributed by atoms with Crippen LogP contribution in [0.4, 0.5) is 0 Å². The summed E-state index contributed by atoms with van der Waals surface area (Å²) in [4.78, 5) is 4.32. The molecule has 14 heavy (non-hydrogen) atoms. The third kappa shape index (κ3) is 2.30. The lowest BCUT2D eigenvalue weighted by molar-refractivity contribution is 0.445. The van der Waals surface area contributed by atoms with Crippen molar-refractivity contribution in [1.82, 2.24) is 4.98 Å². The van der Waals surface area contributed by atoms with E-state index in [9.17, 15) is 0 Å². The molecule has 1 aromatic heterocycles. The van der Waals surface area contributed by atoms with Gasteiger partial charge in [0.05, 0.1) is 11.4 Å². The van der Waals surface area contributed by atoms with E-state index in [0.29, 0.717) is 11.8 Å². The number of thioether (sulfide) groups is 1. The number of hydrogen-bond acceptors (Lipinski definition) is 4. The first-order valence-electron chi connectivity index (χ1n) is 5.16. The molecular formula is C10H16N2OS. The number of nitrogens with zero attached hydrogens (tertiary/aromatic N) is 1. The fraction of sp³-hybridized carbons (Fsp3) is 0.700. The molecule has 2 rings (SSSR count). The molecule has 0 bridgehead atoms. The molecule has 0 spiro atoms. The minimum atomic E-state index is 0.502. The summed E-state index contributed by atoms with van der Waals surface area (Å²) >= 11 is 1.95. The van der Waals surface area contributed by atoms with Crippen molar-refractivity contribution in [2.24, 2.45) is 5.73 Å². The molecule has 0 aromatic carbocycles. The van der Waals surface area contributed by atoms with Crippen molar-refractivity contribution in [2.45, 2.75) is 30.9 Å². The highest BCUT2D eigenvalue weighted by Crippen LogP contribution is 2.39. The Balaban J connectivity index is 1.94. The van der Waals surface area contributed by atoms with E-state index in [1.807, 2.05) is 18.0 Å². The maximum Gasteiger partial charge on any atom is 0.207 e. The highest BCUT2D eigenvalue weighted by molar-refractivity contribution is 7.99. The second-order valence-electron chi connectivity index (χ2n) is 3.56. The first kappa shape index (κ1) is 10.1. The second-order valence-corrected chi connectivity index (χ2v) is 4.87. The van der Waals surface area contributed by atoms with Gasteiger partial charge in [0.15, 0.2) is 0 Å². The molecule has 1 saturated heterocycles. The maximum absolute atomic E-state index is 5.68. The standard InChI is InChI=1S/C10H16N2OS/c11-5-1-3-8-7-12-10(13-8)9-4-2-6-14-9/h7,9H,1-6,11H2. The van der Waals surface area contributed by atoms with Crippen LogP contribution in [0.2, 0.25) is 0 Å². The normalized spacial score (nSPS) is 21.6. The van der Waals surface area contributed by atoms with Gasteiger partial charge in [0.2, 0.25) is 5.89 Å². The summed E-state index contributed by atoms with van der Waals surface area (Å²) < 4.78 is 5.68. The molecule has 3 nitrogen and oxygen atoms in total. The summed E-state index contributed by atoms with van der Waals surface area (Å²) in [7, 11) is 0. The van der Waals surface area contributed by atoms with E-state index >= 15 is 0 Å². The summed E-state index contributed by atoms with van der Waals surface area (Å²) in [6.45, 7) is 0.716. The molecule has 78 valence electrons. The van der Waals surface area contributed by atoms with Crippen LogP contribution < -0.4 is 5.73 Å². The number of nitrogens with two attached hydrogens (primary N) is 1. The van der Waals surface area contributed by atoms with Crippen LogP contribution in [0, 0.1) is 0 Å². The Hall–Kier alpha value is -0.480. The largest absolute Gasteiger partial charge is 0.445 e. The maximum atomic E-state index is 5.68. The van der Waals surface area contributed by atoms with Crippen molar-refractivity contribution in [3.8, 4) is 0 Å². The van der Waals surface area contributed by atoms with Crippen molar-refractivity contribution in [3.63, 3.8) is 0 Å². The Kier molecular flexibility index (Phi) is 3.48. The molecule has 0 amide bonds. The number of hydrogen-bond donors (Lipinski definition) is 1. The first-order chi connectivity index (χ1) is 6.90. The van der Waals surface area contributed by atoms with Gasteiger partial charge in [-0.3, -0.25) is 0 Å². The average Bonchev–Trinajstić information content (AvgIpc) is 2.85. The Bertz CT molecular complexity index is 281. The zero-order chi connectivity index (χ0) is 9.80. The molecule has 1 aliphatic heterocycles. The Morgan fingerprint density at radius 1 is 1.64 bits per heavy atom. The lowest BCUT2D eigenvalue weighted by Gasteiger charge is -2.01. The van der Waals surface area contributed by atoms with Gasteiger partial charge < -0.3 is 10.2 Å². The quantitative estimate of drug-likeness (QED) is 0.830. The molecule has 1 aromatic rings. The first-order valence-corrected chi connectivity index (χ1v) is 6.21. The summed E-state index contributed by atoms with van der Waals surface area (Å²) in [5, 5.41) is 0.502. The van der Waals surface area contributed by atoms with Crippen LogP contribution in [0.3, 0.4) is 0 Å². The smallest absolute Gasteiger partial charge is 0.207 e. The van der Waals surface area contributed by atoms with E-state index in [0.717, 1.165) is 24.5 Å². The van der Waals surface area contributed by atoms with Gasteiger partial charge in [-0.05, 0) is 31.6 Å². The number of aromatic nitrogens is 1. The molecule has 2 N–H and O–H groups in total. The van der Waals surface area contributed by atoms with Gasteiger partial charge in [-0.2, -0.15) is 0 Å². The fourth-order valence-corrected chi connectivity index (χ4v) is 2.84. The molecule has 1 fully saturated rings. The SMILES string of the molecule is NCCCc1cnc(C2CCCS2)o1. The lowest BCUT2D eigenvalue weighted by Crippen LogP contribution is -1.99. The van der Waals surface area contributed by atoms with Crippen molar-refractivity contribution in [3.05, 3.63) is 17.8 Å². The van der Waals surface area contributed by atoms with Gasteiger partial charge in [-0.1, -0.05) is 0 Å². The van der Waals surface area contributed by atoms with E-state index in [4.69, 9.17) is 10.2 Å². The molecule has 0 saturated carbocycles. The van der Waals surface area contributed by atoms with Gasteiger partial charge in [0, 0.05) is 6.42 Å². The van der Waals surface area contributed by atoms with E-state index < -0.39 is 0 Å². The van der Waals surface area contributed by atoms with Crippen molar-refractivity contribution < 1.29 is 4.42 Å². The van der Waals surface area contributed by atoms with Gasteiger partial charge >= 0.3 is 0 Å². The van der Waals surface area contributed by atoms with Gasteiger partial charge in [0.25, 0.3) is 0 Å². The molecule has 4 heteroatoms. The van der Waals surface area contributed by atoms with Crippen LogP contribution >= 0.6 is 11.8 Å². The predicted octanol–water partition coefficient (Wildman–Crippen LogP) is 2.13. The molecule has 1 aliphatic rings. The highest BCUT2D eigenvalue weighted by Gasteiger charge is 2.22. The number of oxazole rings is 1. The van der Waals surface area contributed by atoms with Gasteiger partial charge in [-0.15, -0.1) is 11.8 Å². The number of aryl methyl sites for hydroxylation is 1. The summed E-state index contributed by atoms with van der Waals surface area (Å²) in [6.07, 6.45) is 6.24. The molecule has 0 radical (unpaired) electrons. The van der Waals surface area contributed by atoms with Gasteiger partial charge in [0.1, 0.15) is 5.76 Å². The topological polar surface area (TPSA) is 52.0 Å². The third-order valence-electron chi connectivity index (χ3n) is 2.40. The molecule has 1 unspecified atom stereocenters. The van der Waals surface area contributed by atoms with E-state index in [-0.39, 0.29) is 0 Å². The summed E-state index contributed by atoms with van der Waals surface area (Å²) in [6, 6.07) is 0. The van der Waals surface area contributed by atoms with Crippen LogP contribution in [-0.4, -0.2) is 17.3 Å². The average molecular weight is 212 g/mol. The number of rotatable bonds is 4.